The van der Waals surface area contributed by atoms with Crippen molar-refractivity contribution in [2.45, 2.75) is 41.0 Å². The fraction of sp³-hybridized carbons (Fsp3) is 0.625. The van der Waals surface area contributed by atoms with Gasteiger partial charge in [-0.1, -0.05) is 34.6 Å². The molecule has 1 unspecified atom stereocenters. The van der Waals surface area contributed by atoms with Crippen LogP contribution in [0.1, 0.15) is 51.4 Å². The molecular weight excluding hydrogens is 269 g/mol. The molecule has 1 atom stereocenters. The third-order valence-corrected chi connectivity index (χ3v) is 3.69. The largest absolute Gasteiger partial charge is 0.369 e. The van der Waals surface area contributed by atoms with Gasteiger partial charge in [-0.3, -0.25) is 4.79 Å². The molecule has 0 saturated carbocycles. The Labute approximate surface area is 126 Å². The summed E-state index contributed by atoms with van der Waals surface area (Å²) < 4.78 is 13.3. The van der Waals surface area contributed by atoms with Crippen LogP contribution in [0.2, 0.25) is 0 Å². The number of aromatic nitrogens is 1. The van der Waals surface area contributed by atoms with Crippen LogP contribution < -0.4 is 10.6 Å². The van der Waals surface area contributed by atoms with E-state index in [9.17, 15) is 9.18 Å². The lowest BCUT2D eigenvalue weighted by atomic mass is 9.82. The van der Waals surface area contributed by atoms with E-state index >= 15 is 0 Å². The first-order valence-corrected chi connectivity index (χ1v) is 7.43. The summed E-state index contributed by atoms with van der Waals surface area (Å²) in [6, 6.07) is 1.22. The monoisotopic (exact) mass is 295 g/mol. The van der Waals surface area contributed by atoms with Crippen LogP contribution in [-0.2, 0) is 0 Å². The molecule has 1 heterocycles. The van der Waals surface area contributed by atoms with Crippen molar-refractivity contribution in [1.82, 2.24) is 10.3 Å². The van der Waals surface area contributed by atoms with E-state index in [-0.39, 0.29) is 16.9 Å². The Balaban J connectivity index is 2.79. The molecule has 0 spiro atoms. The van der Waals surface area contributed by atoms with Crippen LogP contribution in [-0.4, -0.2) is 24.0 Å². The molecule has 21 heavy (non-hydrogen) atoms. The van der Waals surface area contributed by atoms with Crippen LogP contribution in [0.25, 0.3) is 0 Å². The smallest absolute Gasteiger partial charge is 0.255 e. The maximum absolute atomic E-state index is 13.3. The lowest BCUT2D eigenvalue weighted by Crippen LogP contribution is -2.34. The van der Waals surface area contributed by atoms with Crippen molar-refractivity contribution in [1.29, 1.82) is 0 Å². The second kappa shape index (κ2) is 7.38. The molecule has 1 rings (SSSR count). The molecule has 0 aliphatic rings. The van der Waals surface area contributed by atoms with Gasteiger partial charge in [0, 0.05) is 13.1 Å². The quantitative estimate of drug-likeness (QED) is 0.845. The number of amides is 1. The van der Waals surface area contributed by atoms with E-state index in [1.54, 1.807) is 0 Å². The number of anilines is 1. The average Bonchev–Trinajstić information content (AvgIpc) is 2.41. The zero-order valence-corrected chi connectivity index (χ0v) is 13.6. The number of halogens is 1. The van der Waals surface area contributed by atoms with Gasteiger partial charge in [0.15, 0.2) is 0 Å². The number of rotatable bonds is 6. The third-order valence-electron chi connectivity index (χ3n) is 3.69. The predicted octanol–water partition coefficient (Wildman–Crippen LogP) is 3.45. The first-order valence-electron chi connectivity index (χ1n) is 7.43. The van der Waals surface area contributed by atoms with Gasteiger partial charge in [0.25, 0.3) is 5.91 Å². The van der Waals surface area contributed by atoms with Gasteiger partial charge >= 0.3 is 0 Å². The summed E-state index contributed by atoms with van der Waals surface area (Å²) in [5.74, 6) is -0.0584. The summed E-state index contributed by atoms with van der Waals surface area (Å²) in [7, 11) is 0. The molecule has 0 bridgehead atoms. The summed E-state index contributed by atoms with van der Waals surface area (Å²) in [6.45, 7) is 11.7. The molecule has 0 saturated heterocycles. The molecule has 0 fully saturated rings. The van der Waals surface area contributed by atoms with E-state index < -0.39 is 5.82 Å². The van der Waals surface area contributed by atoms with Crippen molar-refractivity contribution in [3.05, 3.63) is 23.6 Å². The van der Waals surface area contributed by atoms with Crippen LogP contribution in [0.15, 0.2) is 12.3 Å². The van der Waals surface area contributed by atoms with Gasteiger partial charge in [0.1, 0.15) is 11.6 Å². The highest BCUT2D eigenvalue weighted by Crippen LogP contribution is 2.24. The summed E-state index contributed by atoms with van der Waals surface area (Å²) in [4.78, 5) is 16.2. The lowest BCUT2D eigenvalue weighted by molar-refractivity contribution is 0.0937. The maximum atomic E-state index is 13.3. The Bertz CT molecular complexity index is 483. The topological polar surface area (TPSA) is 54.0 Å². The van der Waals surface area contributed by atoms with E-state index in [0.717, 1.165) is 12.6 Å². The van der Waals surface area contributed by atoms with E-state index in [2.05, 4.69) is 43.3 Å². The molecule has 1 aromatic rings. The standard InChI is InChI=1S/C16H26FN3O/c1-6-7-18-14-13(8-12(17)10-19-14)15(21)20-9-11(2)16(3,4)5/h8,10-11H,6-7,9H2,1-5H3,(H,18,19)(H,20,21). The minimum atomic E-state index is -0.508. The fourth-order valence-electron chi connectivity index (χ4n) is 1.64. The Morgan fingerprint density at radius 2 is 2.10 bits per heavy atom. The van der Waals surface area contributed by atoms with Gasteiger partial charge < -0.3 is 10.6 Å². The third kappa shape index (κ3) is 5.33. The molecule has 2 N–H and O–H groups in total. The lowest BCUT2D eigenvalue weighted by Gasteiger charge is -2.27. The molecule has 4 nitrogen and oxygen atoms in total. The van der Waals surface area contributed by atoms with Gasteiger partial charge in [0.2, 0.25) is 0 Å². The van der Waals surface area contributed by atoms with Gasteiger partial charge in [-0.15, -0.1) is 0 Å². The van der Waals surface area contributed by atoms with Gasteiger partial charge in [0.05, 0.1) is 11.8 Å². The molecular formula is C16H26FN3O. The highest BCUT2D eigenvalue weighted by Gasteiger charge is 2.21. The summed E-state index contributed by atoms with van der Waals surface area (Å²) in [5.41, 5.74) is 0.362. The number of nitrogens with zero attached hydrogens (tertiary/aromatic N) is 1. The molecule has 118 valence electrons. The van der Waals surface area contributed by atoms with Crippen LogP contribution in [0.4, 0.5) is 10.2 Å². The van der Waals surface area contributed by atoms with Crippen LogP contribution >= 0.6 is 0 Å². The highest BCUT2D eigenvalue weighted by molar-refractivity contribution is 5.98. The minimum Gasteiger partial charge on any atom is -0.369 e. The van der Waals surface area contributed by atoms with Crippen LogP contribution in [0.3, 0.4) is 0 Å². The van der Waals surface area contributed by atoms with Crippen molar-refractivity contribution in [2.24, 2.45) is 11.3 Å². The number of carbonyl (C=O) groups is 1. The number of nitrogens with one attached hydrogen (secondary N) is 2. The van der Waals surface area contributed by atoms with E-state index in [4.69, 9.17) is 0 Å². The van der Waals surface area contributed by atoms with Gasteiger partial charge in [-0.2, -0.15) is 0 Å². The van der Waals surface area contributed by atoms with Crippen molar-refractivity contribution in [2.75, 3.05) is 18.4 Å². The SMILES string of the molecule is CCCNc1ncc(F)cc1C(=O)NCC(C)C(C)(C)C. The van der Waals surface area contributed by atoms with Crippen molar-refractivity contribution >= 4 is 11.7 Å². The Morgan fingerprint density at radius 3 is 2.67 bits per heavy atom. The first kappa shape index (κ1) is 17.4. The maximum Gasteiger partial charge on any atom is 0.255 e. The van der Waals surface area contributed by atoms with Crippen molar-refractivity contribution in [3.63, 3.8) is 0 Å². The molecule has 0 radical (unpaired) electrons. The predicted molar refractivity (Wildman–Crippen MR) is 83.9 cm³/mol. The summed E-state index contributed by atoms with van der Waals surface area (Å²) in [5, 5.41) is 5.91. The van der Waals surface area contributed by atoms with Gasteiger partial charge in [-0.05, 0) is 23.8 Å². The Morgan fingerprint density at radius 1 is 1.43 bits per heavy atom. The Hall–Kier alpha value is -1.65. The van der Waals surface area contributed by atoms with E-state index in [1.807, 2.05) is 6.92 Å². The zero-order chi connectivity index (χ0) is 16.0. The number of carbonyl (C=O) groups excluding carboxylic acids is 1. The highest BCUT2D eigenvalue weighted by atomic mass is 19.1. The molecule has 1 amide bonds. The first-order chi connectivity index (χ1) is 9.75. The average molecular weight is 295 g/mol. The summed E-state index contributed by atoms with van der Waals surface area (Å²) in [6.07, 6.45) is 2.02. The zero-order valence-electron chi connectivity index (χ0n) is 13.6. The number of pyridine rings is 1. The van der Waals surface area contributed by atoms with Crippen molar-refractivity contribution in [3.8, 4) is 0 Å². The number of hydrogen-bond acceptors (Lipinski definition) is 3. The fourth-order valence-corrected chi connectivity index (χ4v) is 1.64. The molecule has 0 aliphatic heterocycles. The van der Waals surface area contributed by atoms with Gasteiger partial charge in [-0.25, -0.2) is 9.37 Å². The van der Waals surface area contributed by atoms with Crippen LogP contribution in [0, 0.1) is 17.2 Å². The molecule has 0 aliphatic carbocycles. The van der Waals surface area contributed by atoms with Crippen LogP contribution in [0.5, 0.6) is 0 Å². The normalized spacial score (nSPS) is 12.9. The second-order valence-corrected chi connectivity index (χ2v) is 6.45. The van der Waals surface area contributed by atoms with E-state index in [1.165, 1.54) is 6.07 Å². The van der Waals surface area contributed by atoms with Crippen molar-refractivity contribution < 1.29 is 9.18 Å². The second-order valence-electron chi connectivity index (χ2n) is 6.45. The number of hydrogen-bond donors (Lipinski definition) is 2. The minimum absolute atomic E-state index is 0.108. The van der Waals surface area contributed by atoms with E-state index in [0.29, 0.717) is 24.8 Å². The molecule has 1 aromatic heterocycles. The molecule has 0 aromatic carbocycles. The Kier molecular flexibility index (Phi) is 6.12. The summed E-state index contributed by atoms with van der Waals surface area (Å²) >= 11 is 0. The molecule has 5 heteroatoms.